The van der Waals surface area contributed by atoms with Gasteiger partial charge in [0, 0.05) is 42.6 Å². The van der Waals surface area contributed by atoms with Crippen LogP contribution in [0.1, 0.15) is 22.4 Å². The molecule has 0 bridgehead atoms. The van der Waals surface area contributed by atoms with Gasteiger partial charge in [0.05, 0.1) is 11.7 Å². The summed E-state index contributed by atoms with van der Waals surface area (Å²) in [4.78, 5) is 36.6. The van der Waals surface area contributed by atoms with Crippen LogP contribution in [0.3, 0.4) is 0 Å². The molecule has 1 saturated heterocycles. The average Bonchev–Trinajstić information content (AvgIpc) is 3.32. The summed E-state index contributed by atoms with van der Waals surface area (Å²) < 4.78 is 1.48. The predicted octanol–water partition coefficient (Wildman–Crippen LogP) is 2.94. The van der Waals surface area contributed by atoms with Gasteiger partial charge in [0.25, 0.3) is 5.56 Å². The minimum Gasteiger partial charge on any atom is -0.339 e. The summed E-state index contributed by atoms with van der Waals surface area (Å²) in [5, 5.41) is 1.47. The summed E-state index contributed by atoms with van der Waals surface area (Å²) in [6.45, 7) is 3.83. The molecule has 30 heavy (non-hydrogen) atoms. The van der Waals surface area contributed by atoms with Crippen molar-refractivity contribution in [2.45, 2.75) is 32.4 Å². The normalized spacial score (nSPS) is 16.9. The lowest BCUT2D eigenvalue weighted by atomic mass is 10.2. The van der Waals surface area contributed by atoms with Crippen molar-refractivity contribution in [1.29, 1.82) is 0 Å². The third kappa shape index (κ3) is 3.77. The topological polar surface area (TPSA) is 58.4 Å². The van der Waals surface area contributed by atoms with E-state index in [9.17, 15) is 9.59 Å². The summed E-state index contributed by atoms with van der Waals surface area (Å²) in [7, 11) is 0. The molecule has 3 heterocycles. The van der Waals surface area contributed by atoms with Crippen molar-refractivity contribution in [3.8, 4) is 0 Å². The van der Waals surface area contributed by atoms with E-state index in [1.165, 1.54) is 21.3 Å². The van der Waals surface area contributed by atoms with Gasteiger partial charge in [-0.15, -0.1) is 11.3 Å². The van der Waals surface area contributed by atoms with E-state index in [-0.39, 0.29) is 18.0 Å². The Bertz CT molecular complexity index is 1160. The van der Waals surface area contributed by atoms with E-state index in [1.54, 1.807) is 11.3 Å². The molecule has 0 spiro atoms. The highest BCUT2D eigenvalue weighted by Crippen LogP contribution is 2.34. The molecule has 1 amide bonds. The minimum atomic E-state index is -0.0765. The molecule has 156 valence electrons. The van der Waals surface area contributed by atoms with Gasteiger partial charge in [-0.05, 0) is 42.5 Å². The third-order valence-corrected chi connectivity index (χ3v) is 7.45. The number of hydrogen-bond donors (Lipinski definition) is 0. The summed E-state index contributed by atoms with van der Waals surface area (Å²) in [5.41, 5.74) is 2.26. The molecule has 8 heteroatoms. The van der Waals surface area contributed by atoms with Crippen LogP contribution in [-0.2, 0) is 30.7 Å². The molecule has 3 aromatic rings. The van der Waals surface area contributed by atoms with Gasteiger partial charge in [0.2, 0.25) is 5.91 Å². The largest absolute Gasteiger partial charge is 0.339 e. The van der Waals surface area contributed by atoms with Crippen molar-refractivity contribution in [3.63, 3.8) is 0 Å². The second-order valence-corrected chi connectivity index (χ2v) is 9.52. The highest BCUT2D eigenvalue weighted by atomic mass is 35.5. The Morgan fingerprint density at radius 3 is 2.80 bits per heavy atom. The number of benzene rings is 1. The molecule has 2 aromatic heterocycles. The van der Waals surface area contributed by atoms with Crippen molar-refractivity contribution in [2.24, 2.45) is 0 Å². The van der Waals surface area contributed by atoms with Crippen LogP contribution in [0.2, 0.25) is 5.02 Å². The molecule has 0 atom stereocenters. The summed E-state index contributed by atoms with van der Waals surface area (Å²) in [5.74, 6) is -0.0208. The first-order valence-corrected chi connectivity index (χ1v) is 11.5. The molecule has 1 aliphatic carbocycles. The fourth-order valence-corrected chi connectivity index (χ4v) is 5.86. The Labute approximate surface area is 183 Å². The zero-order valence-electron chi connectivity index (χ0n) is 16.6. The number of fused-ring (bicyclic) bond motifs is 3. The van der Waals surface area contributed by atoms with E-state index in [4.69, 9.17) is 11.6 Å². The number of thiophene rings is 1. The molecule has 1 fully saturated rings. The van der Waals surface area contributed by atoms with Gasteiger partial charge in [-0.1, -0.05) is 23.7 Å². The first-order valence-electron chi connectivity index (χ1n) is 10.3. The van der Waals surface area contributed by atoms with Crippen molar-refractivity contribution >= 4 is 39.1 Å². The zero-order chi connectivity index (χ0) is 20.7. The Kier molecular flexibility index (Phi) is 5.35. The second kappa shape index (κ2) is 8.13. The third-order valence-electron chi connectivity index (χ3n) is 6.02. The molecule has 0 saturated carbocycles. The quantitative estimate of drug-likeness (QED) is 0.623. The van der Waals surface area contributed by atoms with Crippen molar-refractivity contribution in [1.82, 2.24) is 19.4 Å². The number of rotatable bonds is 4. The van der Waals surface area contributed by atoms with Crippen molar-refractivity contribution in [2.75, 3.05) is 26.2 Å². The lowest BCUT2D eigenvalue weighted by Crippen LogP contribution is -2.49. The number of piperazine rings is 1. The van der Waals surface area contributed by atoms with Crippen LogP contribution >= 0.6 is 22.9 Å². The first-order chi connectivity index (χ1) is 14.6. The van der Waals surface area contributed by atoms with Crippen LogP contribution in [0.15, 0.2) is 35.4 Å². The number of nitrogens with zero attached hydrogens (tertiary/aromatic N) is 4. The summed E-state index contributed by atoms with van der Waals surface area (Å²) in [6.07, 6.45) is 4.61. The number of hydrogen-bond acceptors (Lipinski definition) is 5. The molecule has 2 aliphatic rings. The van der Waals surface area contributed by atoms with Crippen LogP contribution in [0, 0.1) is 0 Å². The van der Waals surface area contributed by atoms with Gasteiger partial charge in [-0.25, -0.2) is 4.98 Å². The standard InChI is InChI=1S/C22H23ClN4O2S/c23-16-4-1-3-15(11-16)12-25-7-9-26(10-8-25)19(28)13-27-14-24-21-20(22(27)29)17-5-2-6-18(17)30-21/h1,3-4,11,14H,2,5-10,12-13H2. The maximum atomic E-state index is 13.0. The van der Waals surface area contributed by atoms with E-state index in [2.05, 4.69) is 16.0 Å². The van der Waals surface area contributed by atoms with Crippen LogP contribution in [-0.4, -0.2) is 51.4 Å². The smallest absolute Gasteiger partial charge is 0.262 e. The maximum absolute atomic E-state index is 13.0. The van der Waals surface area contributed by atoms with Crippen molar-refractivity contribution in [3.05, 3.63) is 62.0 Å². The lowest BCUT2D eigenvalue weighted by molar-refractivity contribution is -0.133. The number of aryl methyl sites for hydroxylation is 2. The van der Waals surface area contributed by atoms with E-state index in [0.29, 0.717) is 13.1 Å². The molecule has 0 radical (unpaired) electrons. The SMILES string of the molecule is O=C(Cn1cnc2sc3c(c2c1=O)CCC3)N1CCN(Cc2cccc(Cl)c2)CC1. The van der Waals surface area contributed by atoms with E-state index >= 15 is 0 Å². The van der Waals surface area contributed by atoms with Gasteiger partial charge < -0.3 is 4.90 Å². The second-order valence-electron chi connectivity index (χ2n) is 8.00. The van der Waals surface area contributed by atoms with E-state index in [1.807, 2.05) is 23.1 Å². The summed E-state index contributed by atoms with van der Waals surface area (Å²) >= 11 is 7.70. The number of carbonyl (C=O) groups excluding carboxylic acids is 1. The molecule has 1 aromatic carbocycles. The molecule has 5 rings (SSSR count). The van der Waals surface area contributed by atoms with Crippen molar-refractivity contribution < 1.29 is 4.79 Å². The predicted molar refractivity (Wildman–Crippen MR) is 119 cm³/mol. The molecular weight excluding hydrogens is 420 g/mol. The fraction of sp³-hybridized carbons (Fsp3) is 0.409. The fourth-order valence-electron chi connectivity index (χ4n) is 4.43. The Morgan fingerprint density at radius 1 is 1.17 bits per heavy atom. The monoisotopic (exact) mass is 442 g/mol. The molecule has 0 N–H and O–H groups in total. The van der Waals surface area contributed by atoms with Gasteiger partial charge in [0.1, 0.15) is 11.4 Å². The Hall–Kier alpha value is -2.22. The average molecular weight is 443 g/mol. The number of carbonyl (C=O) groups is 1. The molecule has 1 aliphatic heterocycles. The van der Waals surface area contributed by atoms with Crippen LogP contribution < -0.4 is 5.56 Å². The Balaban J connectivity index is 1.23. The number of amides is 1. The molecule has 6 nitrogen and oxygen atoms in total. The van der Waals surface area contributed by atoms with Crippen LogP contribution in [0.25, 0.3) is 10.2 Å². The first kappa shape index (κ1) is 19.7. The Morgan fingerprint density at radius 2 is 2.00 bits per heavy atom. The van der Waals surface area contributed by atoms with Gasteiger partial charge in [-0.2, -0.15) is 0 Å². The van der Waals surface area contributed by atoms with Gasteiger partial charge >= 0.3 is 0 Å². The van der Waals surface area contributed by atoms with E-state index in [0.717, 1.165) is 59.7 Å². The van der Waals surface area contributed by atoms with Crippen LogP contribution in [0.5, 0.6) is 0 Å². The van der Waals surface area contributed by atoms with Gasteiger partial charge in [0.15, 0.2) is 0 Å². The molecule has 0 unspecified atom stereocenters. The lowest BCUT2D eigenvalue weighted by Gasteiger charge is -2.34. The molecular formula is C22H23ClN4O2S. The summed E-state index contributed by atoms with van der Waals surface area (Å²) in [6, 6.07) is 7.89. The van der Waals surface area contributed by atoms with E-state index < -0.39 is 0 Å². The van der Waals surface area contributed by atoms with Gasteiger partial charge in [-0.3, -0.25) is 19.1 Å². The zero-order valence-corrected chi connectivity index (χ0v) is 18.2. The maximum Gasteiger partial charge on any atom is 0.262 e. The number of halogens is 1. The highest BCUT2D eigenvalue weighted by molar-refractivity contribution is 7.18. The van der Waals surface area contributed by atoms with Crippen LogP contribution in [0.4, 0.5) is 0 Å². The highest BCUT2D eigenvalue weighted by Gasteiger charge is 2.24. The minimum absolute atomic E-state index is 0.0208. The number of aromatic nitrogens is 2.